The van der Waals surface area contributed by atoms with Crippen molar-refractivity contribution in [2.24, 2.45) is 0 Å². The summed E-state index contributed by atoms with van der Waals surface area (Å²) in [4.78, 5) is 13.9. The predicted molar refractivity (Wildman–Crippen MR) is 125 cm³/mol. The van der Waals surface area contributed by atoms with Gasteiger partial charge < -0.3 is 4.74 Å². The van der Waals surface area contributed by atoms with Crippen molar-refractivity contribution >= 4 is 16.9 Å². The number of benzene rings is 3. The van der Waals surface area contributed by atoms with Crippen LogP contribution < -0.4 is 15.2 Å². The van der Waals surface area contributed by atoms with Gasteiger partial charge in [-0.1, -0.05) is 72.3 Å². The minimum atomic E-state index is -0.480. The van der Waals surface area contributed by atoms with Crippen LogP contribution >= 0.6 is 0 Å². The average molecular weight is 418 g/mol. The Hall–Kier alpha value is -3.92. The number of hydrogen-bond acceptors (Lipinski definition) is 3. The summed E-state index contributed by atoms with van der Waals surface area (Å²) in [5.41, 5.74) is 5.48. The van der Waals surface area contributed by atoms with Gasteiger partial charge >= 0.3 is 0 Å². The summed E-state index contributed by atoms with van der Waals surface area (Å²) in [6.45, 7) is 0. The highest BCUT2D eigenvalue weighted by Gasteiger charge is 2.35. The molecule has 1 aliphatic heterocycles. The van der Waals surface area contributed by atoms with E-state index in [0.717, 1.165) is 21.9 Å². The number of rotatable bonds is 2. The van der Waals surface area contributed by atoms with E-state index in [2.05, 4.69) is 34.5 Å². The van der Waals surface area contributed by atoms with Crippen LogP contribution in [-0.2, 0) is 0 Å². The van der Waals surface area contributed by atoms with Crippen LogP contribution in [0.3, 0.4) is 0 Å². The highest BCUT2D eigenvalue weighted by Crippen LogP contribution is 2.43. The van der Waals surface area contributed by atoms with E-state index in [0.29, 0.717) is 16.9 Å². The fourth-order valence-corrected chi connectivity index (χ4v) is 4.58. The summed E-state index contributed by atoms with van der Waals surface area (Å²) in [6, 6.07) is 24.1. The lowest BCUT2D eigenvalue weighted by Crippen LogP contribution is -2.29. The summed E-state index contributed by atoms with van der Waals surface area (Å²) >= 11 is 0. The summed E-state index contributed by atoms with van der Waals surface area (Å²) in [6.07, 6.45) is 6.70. The van der Waals surface area contributed by atoms with E-state index >= 15 is 0 Å². The minimum absolute atomic E-state index is 0.00879. The summed E-state index contributed by atoms with van der Waals surface area (Å²) in [5.74, 6) is 0.618. The van der Waals surface area contributed by atoms with Gasteiger partial charge in [0.2, 0.25) is 0 Å². The molecule has 1 saturated carbocycles. The number of hydrogen-bond donors (Lipinski definition) is 1. The number of fused-ring (bicyclic) bond motifs is 1. The third-order valence-electron chi connectivity index (χ3n) is 6.47. The van der Waals surface area contributed by atoms with Crippen molar-refractivity contribution < 1.29 is 9.53 Å². The zero-order valence-electron chi connectivity index (χ0n) is 17.5. The Labute approximate surface area is 185 Å². The van der Waals surface area contributed by atoms with Crippen LogP contribution in [0.15, 0.2) is 85.2 Å². The molecule has 4 heteroatoms. The van der Waals surface area contributed by atoms with Crippen molar-refractivity contribution in [2.45, 2.75) is 25.4 Å². The number of para-hydroxylation sites is 1. The molecule has 1 fully saturated rings. The molecule has 3 aromatic carbocycles. The number of nitrogens with one attached hydrogen (secondary N) is 1. The molecule has 1 aromatic heterocycles. The Morgan fingerprint density at radius 3 is 2.28 bits per heavy atom. The number of aromatic nitrogens is 2. The summed E-state index contributed by atoms with van der Waals surface area (Å²) in [5, 5.41) is 9.11. The maximum atomic E-state index is 13.9. The van der Waals surface area contributed by atoms with Crippen LogP contribution in [0.2, 0.25) is 0 Å². The number of H-pyrrole nitrogens is 1. The molecular weight excluding hydrogens is 396 g/mol. The monoisotopic (exact) mass is 418 g/mol. The van der Waals surface area contributed by atoms with Gasteiger partial charge in [0, 0.05) is 17.3 Å². The Balaban J connectivity index is 1.58. The zero-order chi connectivity index (χ0) is 21.5. The lowest BCUT2D eigenvalue weighted by molar-refractivity contribution is 0.100. The third-order valence-corrected chi connectivity index (χ3v) is 6.47. The average Bonchev–Trinajstić information content (AvgIpc) is 3.34. The molecule has 32 heavy (non-hydrogen) atoms. The summed E-state index contributed by atoms with van der Waals surface area (Å²) in [7, 11) is 0. The smallest absolute Gasteiger partial charge is 0.197 e. The van der Waals surface area contributed by atoms with Gasteiger partial charge in [0.15, 0.2) is 11.9 Å². The zero-order valence-corrected chi connectivity index (χ0v) is 17.5. The Kier molecular flexibility index (Phi) is 4.50. The number of nitrogens with zero attached hydrogens (tertiary/aromatic N) is 1. The molecule has 1 aliphatic carbocycles. The maximum absolute atomic E-state index is 13.9. The van der Waals surface area contributed by atoms with E-state index in [1.165, 1.54) is 30.1 Å². The van der Waals surface area contributed by atoms with Gasteiger partial charge in [0.05, 0.1) is 17.3 Å². The highest BCUT2D eigenvalue weighted by molar-refractivity contribution is 6.28. The Morgan fingerprint density at radius 1 is 0.844 bits per heavy atom. The van der Waals surface area contributed by atoms with Crippen LogP contribution in [0.25, 0.3) is 22.3 Å². The molecule has 1 atom stereocenters. The minimum Gasteiger partial charge on any atom is -0.479 e. The number of carbonyl (C=O) groups is 1. The highest BCUT2D eigenvalue weighted by atomic mass is 16.5. The van der Waals surface area contributed by atoms with Crippen LogP contribution in [-0.4, -0.2) is 16.0 Å². The van der Waals surface area contributed by atoms with Crippen molar-refractivity contribution in [1.29, 1.82) is 0 Å². The van der Waals surface area contributed by atoms with Crippen LogP contribution in [0.4, 0.5) is 0 Å². The van der Waals surface area contributed by atoms with Gasteiger partial charge in [0.1, 0.15) is 5.75 Å². The largest absolute Gasteiger partial charge is 0.479 e. The molecule has 1 N–H and O–H groups in total. The molecule has 0 bridgehead atoms. The quantitative estimate of drug-likeness (QED) is 0.519. The number of carbonyl (C=O) groups excluding carboxylic acids is 1. The second kappa shape index (κ2) is 7.65. The fourth-order valence-electron chi connectivity index (χ4n) is 4.58. The van der Waals surface area contributed by atoms with Gasteiger partial charge in [-0.05, 0) is 41.3 Å². The van der Waals surface area contributed by atoms with E-state index in [-0.39, 0.29) is 5.78 Å². The molecule has 2 heterocycles. The first-order chi connectivity index (χ1) is 15.8. The molecule has 0 spiro atoms. The molecule has 1 unspecified atom stereocenters. The molecule has 0 saturated heterocycles. The van der Waals surface area contributed by atoms with E-state index in [4.69, 9.17) is 4.74 Å². The van der Waals surface area contributed by atoms with Crippen LogP contribution in [0.1, 0.15) is 41.3 Å². The topological polar surface area (TPSA) is 55.0 Å². The Bertz CT molecular complexity index is 1410. The molecule has 0 radical (unpaired) electrons. The van der Waals surface area contributed by atoms with Crippen molar-refractivity contribution in [3.8, 4) is 16.9 Å². The first-order valence-corrected chi connectivity index (χ1v) is 11.0. The van der Waals surface area contributed by atoms with Crippen LogP contribution in [0, 0.1) is 0 Å². The number of aromatic amines is 1. The van der Waals surface area contributed by atoms with Crippen molar-refractivity contribution in [1.82, 2.24) is 10.2 Å². The normalized spacial score (nSPS) is 17.5. The molecular formula is C28H22N2O2. The van der Waals surface area contributed by atoms with Gasteiger partial charge in [-0.3, -0.25) is 9.89 Å². The molecule has 4 aromatic rings. The number of ether oxygens (including phenoxy) is 1. The van der Waals surface area contributed by atoms with E-state index in [1.54, 1.807) is 6.20 Å². The second-order valence-corrected chi connectivity index (χ2v) is 8.36. The molecule has 156 valence electrons. The fraction of sp³-hybridized carbons (Fsp3) is 0.143. The molecule has 2 aliphatic rings. The van der Waals surface area contributed by atoms with Crippen molar-refractivity contribution in [3.05, 3.63) is 107 Å². The standard InChI is InChI=1S/C28H22N2O2/c31-26-24-11-5-10-23(22-16-29-30-17-22)28(24)32-27(21-6-2-1-3-7-21)25(26)20-14-12-19(13-15-20)18-8-4-9-18/h1-3,5-7,10-17,27H,4,8-9H2,(H,29,30). The Morgan fingerprint density at radius 2 is 1.59 bits per heavy atom. The maximum Gasteiger partial charge on any atom is 0.197 e. The predicted octanol–water partition coefficient (Wildman–Crippen LogP) is 4.58. The molecule has 4 nitrogen and oxygen atoms in total. The van der Waals surface area contributed by atoms with E-state index in [1.807, 2.05) is 54.7 Å². The lowest BCUT2D eigenvalue weighted by atomic mass is 9.87. The summed E-state index contributed by atoms with van der Waals surface area (Å²) < 4.78 is 6.62. The lowest BCUT2D eigenvalue weighted by Gasteiger charge is -2.29. The first kappa shape index (κ1) is 18.8. The SMILES string of the molecule is O=C1C(=c2ccc(=C3CCC3)cc2)C(c2ccccc2)Oc2c1cccc2-c1cn[nH]c1. The van der Waals surface area contributed by atoms with Crippen LogP contribution in [0.5, 0.6) is 5.75 Å². The third kappa shape index (κ3) is 3.07. The van der Waals surface area contributed by atoms with Gasteiger partial charge in [-0.2, -0.15) is 5.10 Å². The van der Waals surface area contributed by atoms with Gasteiger partial charge in [0.25, 0.3) is 0 Å². The second-order valence-electron chi connectivity index (χ2n) is 8.36. The molecule has 6 rings (SSSR count). The number of ketones is 1. The van der Waals surface area contributed by atoms with E-state index < -0.39 is 6.10 Å². The first-order valence-electron chi connectivity index (χ1n) is 11.0. The van der Waals surface area contributed by atoms with Gasteiger partial charge in [-0.25, -0.2) is 0 Å². The van der Waals surface area contributed by atoms with Gasteiger partial charge in [-0.15, -0.1) is 0 Å². The van der Waals surface area contributed by atoms with E-state index in [9.17, 15) is 4.79 Å². The molecule has 0 amide bonds. The number of Topliss-reactive ketones (excluding diaryl/α,β-unsaturated/α-hetero) is 1. The van der Waals surface area contributed by atoms with Crippen molar-refractivity contribution in [3.63, 3.8) is 0 Å². The van der Waals surface area contributed by atoms with Crippen molar-refractivity contribution in [2.75, 3.05) is 0 Å².